The maximum Gasteiger partial charge on any atom is 0.337 e. The van der Waals surface area contributed by atoms with Gasteiger partial charge in [-0.1, -0.05) is 19.3 Å². The molecule has 32 heavy (non-hydrogen) atoms. The fraction of sp³-hybridized carbons (Fsp3) is 0.333. The molecule has 8 heteroatoms. The highest BCUT2D eigenvalue weighted by molar-refractivity contribution is 5.91. The van der Waals surface area contributed by atoms with Crippen LogP contribution in [0.5, 0.6) is 5.75 Å². The minimum atomic E-state index is -0.421. The van der Waals surface area contributed by atoms with E-state index in [1.165, 1.54) is 26.4 Å². The van der Waals surface area contributed by atoms with E-state index in [0.29, 0.717) is 34.8 Å². The van der Waals surface area contributed by atoms with Crippen LogP contribution in [0.15, 0.2) is 48.8 Å². The number of hydrogen-bond donors (Lipinski definition) is 2. The highest BCUT2D eigenvalue weighted by Gasteiger charge is 2.17. The second kappa shape index (κ2) is 10.1. The Morgan fingerprint density at radius 2 is 1.78 bits per heavy atom. The summed E-state index contributed by atoms with van der Waals surface area (Å²) in [4.78, 5) is 25.5. The van der Waals surface area contributed by atoms with Gasteiger partial charge in [0.1, 0.15) is 11.6 Å². The number of carbonyl (C=O) groups excluding carboxylic acids is 1. The summed E-state index contributed by atoms with van der Waals surface area (Å²) in [5.41, 5.74) is 2.73. The largest absolute Gasteiger partial charge is 0.495 e. The molecule has 1 aliphatic rings. The molecule has 2 aromatic heterocycles. The van der Waals surface area contributed by atoms with Crippen molar-refractivity contribution in [1.29, 1.82) is 0 Å². The minimum absolute atomic E-state index is 0.362. The number of rotatable bonds is 7. The van der Waals surface area contributed by atoms with Crippen molar-refractivity contribution in [3.8, 4) is 17.0 Å². The monoisotopic (exact) mass is 433 g/mol. The Morgan fingerprint density at radius 3 is 2.50 bits per heavy atom. The van der Waals surface area contributed by atoms with Gasteiger partial charge in [-0.25, -0.2) is 9.78 Å². The van der Waals surface area contributed by atoms with E-state index >= 15 is 0 Å². The van der Waals surface area contributed by atoms with Gasteiger partial charge < -0.3 is 20.1 Å². The number of hydrogen-bond acceptors (Lipinski definition) is 8. The number of carbonyl (C=O) groups is 1. The summed E-state index contributed by atoms with van der Waals surface area (Å²) in [6, 6.07) is 11.1. The Labute approximate surface area is 187 Å². The predicted octanol–water partition coefficient (Wildman–Crippen LogP) is 4.82. The summed E-state index contributed by atoms with van der Waals surface area (Å²) in [6.07, 6.45) is 9.40. The third-order valence-corrected chi connectivity index (χ3v) is 5.52. The van der Waals surface area contributed by atoms with Crippen molar-refractivity contribution in [2.24, 2.45) is 0 Å². The molecular weight excluding hydrogens is 406 g/mol. The molecule has 0 amide bonds. The van der Waals surface area contributed by atoms with E-state index in [9.17, 15) is 4.79 Å². The van der Waals surface area contributed by atoms with Gasteiger partial charge in [-0.2, -0.15) is 4.98 Å². The molecule has 0 saturated heterocycles. The second-order valence-corrected chi connectivity index (χ2v) is 7.71. The first-order valence-corrected chi connectivity index (χ1v) is 10.8. The molecular formula is C24H27N5O3. The maximum atomic E-state index is 12.0. The maximum absolute atomic E-state index is 12.0. The van der Waals surface area contributed by atoms with Crippen molar-refractivity contribution in [2.45, 2.75) is 38.1 Å². The molecule has 0 aliphatic heterocycles. The number of benzene rings is 1. The molecule has 1 aliphatic carbocycles. The Hall–Kier alpha value is -3.68. The lowest BCUT2D eigenvalue weighted by Crippen LogP contribution is -2.23. The summed E-state index contributed by atoms with van der Waals surface area (Å²) in [7, 11) is 2.94. The first-order valence-electron chi connectivity index (χ1n) is 10.8. The van der Waals surface area contributed by atoms with Gasteiger partial charge in [0.2, 0.25) is 5.95 Å². The van der Waals surface area contributed by atoms with Gasteiger partial charge in [-0.3, -0.25) is 4.98 Å². The summed E-state index contributed by atoms with van der Waals surface area (Å²) in [6.45, 7) is 0. The lowest BCUT2D eigenvalue weighted by atomic mass is 9.96. The van der Waals surface area contributed by atoms with Crippen LogP contribution in [0.1, 0.15) is 42.5 Å². The van der Waals surface area contributed by atoms with Gasteiger partial charge in [0.15, 0.2) is 0 Å². The average Bonchev–Trinajstić information content (AvgIpc) is 2.84. The molecule has 4 rings (SSSR count). The topological polar surface area (TPSA) is 98.3 Å². The molecule has 0 radical (unpaired) electrons. The minimum Gasteiger partial charge on any atom is -0.495 e. The van der Waals surface area contributed by atoms with Gasteiger partial charge in [0.25, 0.3) is 0 Å². The lowest BCUT2D eigenvalue weighted by molar-refractivity contribution is 0.0600. The standard InChI is InChI=1S/C24H27N5O3/c1-31-21-9-8-17(23(30)32-2)14-20(21)27-22-15-19(16-10-12-25-13-11-16)28-24(29-22)26-18-6-4-3-5-7-18/h8-15,18H,3-7H2,1-2H3,(H2,26,27,28,29). The molecule has 0 bridgehead atoms. The summed E-state index contributed by atoms with van der Waals surface area (Å²) in [5, 5.41) is 6.79. The van der Waals surface area contributed by atoms with Crippen LogP contribution in [0, 0.1) is 0 Å². The van der Waals surface area contributed by atoms with E-state index in [2.05, 4.69) is 15.6 Å². The third kappa shape index (κ3) is 5.14. The van der Waals surface area contributed by atoms with Crippen molar-refractivity contribution in [3.63, 3.8) is 0 Å². The smallest absolute Gasteiger partial charge is 0.337 e. The van der Waals surface area contributed by atoms with Crippen molar-refractivity contribution in [1.82, 2.24) is 15.0 Å². The van der Waals surface area contributed by atoms with Crippen molar-refractivity contribution in [3.05, 3.63) is 54.4 Å². The Kier molecular flexibility index (Phi) is 6.79. The normalized spacial score (nSPS) is 13.9. The van der Waals surface area contributed by atoms with E-state index in [4.69, 9.17) is 19.4 Å². The molecule has 0 unspecified atom stereocenters. The predicted molar refractivity (Wildman–Crippen MR) is 123 cm³/mol. The van der Waals surface area contributed by atoms with E-state index in [1.54, 1.807) is 37.7 Å². The van der Waals surface area contributed by atoms with Crippen LogP contribution in [0.25, 0.3) is 11.3 Å². The zero-order valence-electron chi connectivity index (χ0n) is 18.3. The number of pyridine rings is 1. The first kappa shape index (κ1) is 21.5. The number of aromatic nitrogens is 3. The van der Waals surface area contributed by atoms with Crippen LogP contribution >= 0.6 is 0 Å². The molecule has 8 nitrogen and oxygen atoms in total. The average molecular weight is 434 g/mol. The summed E-state index contributed by atoms with van der Waals surface area (Å²) in [5.74, 6) is 1.32. The number of anilines is 3. The van der Waals surface area contributed by atoms with Crippen LogP contribution in [0.4, 0.5) is 17.5 Å². The Balaban J connectivity index is 1.69. The molecule has 2 N–H and O–H groups in total. The molecule has 1 aromatic carbocycles. The first-order chi connectivity index (χ1) is 15.7. The van der Waals surface area contributed by atoms with Crippen LogP contribution < -0.4 is 15.4 Å². The Bertz CT molecular complexity index is 1070. The van der Waals surface area contributed by atoms with Gasteiger partial charge in [-0.15, -0.1) is 0 Å². The molecule has 0 spiro atoms. The molecule has 3 aromatic rings. The van der Waals surface area contributed by atoms with Crippen molar-refractivity contribution < 1.29 is 14.3 Å². The molecule has 2 heterocycles. The SMILES string of the molecule is COC(=O)c1ccc(OC)c(Nc2cc(-c3ccncc3)nc(NC3CCCCC3)n2)c1. The lowest BCUT2D eigenvalue weighted by Gasteiger charge is -2.23. The fourth-order valence-electron chi connectivity index (χ4n) is 3.86. The van der Waals surface area contributed by atoms with Crippen LogP contribution in [-0.2, 0) is 4.74 Å². The Morgan fingerprint density at radius 1 is 1.00 bits per heavy atom. The van der Waals surface area contributed by atoms with E-state index < -0.39 is 5.97 Å². The van der Waals surface area contributed by atoms with Crippen LogP contribution in [0.2, 0.25) is 0 Å². The van der Waals surface area contributed by atoms with E-state index in [1.807, 2.05) is 18.2 Å². The van der Waals surface area contributed by atoms with Gasteiger partial charge in [0.05, 0.1) is 31.2 Å². The van der Waals surface area contributed by atoms with E-state index in [0.717, 1.165) is 24.1 Å². The zero-order valence-corrected chi connectivity index (χ0v) is 18.3. The highest BCUT2D eigenvalue weighted by atomic mass is 16.5. The third-order valence-electron chi connectivity index (χ3n) is 5.52. The van der Waals surface area contributed by atoms with Crippen molar-refractivity contribution >= 4 is 23.4 Å². The second-order valence-electron chi connectivity index (χ2n) is 7.71. The van der Waals surface area contributed by atoms with Gasteiger partial charge >= 0.3 is 5.97 Å². The van der Waals surface area contributed by atoms with Gasteiger partial charge in [0, 0.05) is 30.1 Å². The number of methoxy groups -OCH3 is 2. The zero-order chi connectivity index (χ0) is 22.3. The van der Waals surface area contributed by atoms with Crippen molar-refractivity contribution in [2.75, 3.05) is 24.9 Å². The number of ether oxygens (including phenoxy) is 2. The number of nitrogens with zero attached hydrogens (tertiary/aromatic N) is 3. The quantitative estimate of drug-likeness (QED) is 0.512. The van der Waals surface area contributed by atoms with Crippen LogP contribution in [0.3, 0.4) is 0 Å². The molecule has 1 saturated carbocycles. The molecule has 1 fully saturated rings. The molecule has 166 valence electrons. The summed E-state index contributed by atoms with van der Waals surface area (Å²) >= 11 is 0. The van der Waals surface area contributed by atoms with Crippen LogP contribution in [-0.4, -0.2) is 41.2 Å². The summed E-state index contributed by atoms with van der Waals surface area (Å²) < 4.78 is 10.3. The number of esters is 1. The number of nitrogens with one attached hydrogen (secondary N) is 2. The van der Waals surface area contributed by atoms with E-state index in [-0.39, 0.29) is 0 Å². The molecule has 0 atom stereocenters. The highest BCUT2D eigenvalue weighted by Crippen LogP contribution is 2.31. The fourth-order valence-corrected chi connectivity index (χ4v) is 3.86. The van der Waals surface area contributed by atoms with Gasteiger partial charge in [-0.05, 0) is 43.2 Å².